The largest absolute Gasteiger partial charge is 1.00 e. The zero-order valence-electron chi connectivity index (χ0n) is 14.4. The summed E-state index contributed by atoms with van der Waals surface area (Å²) < 4.78 is 5.66. The molecule has 0 amide bonds. The summed E-state index contributed by atoms with van der Waals surface area (Å²) in [5, 5.41) is 11.6. The van der Waals surface area contributed by atoms with Gasteiger partial charge in [0.25, 0.3) is 0 Å². The van der Waals surface area contributed by atoms with Gasteiger partial charge in [-0.15, -0.1) is 0 Å². The molecule has 1 N–H and O–H groups in total. The molecule has 1 aromatic carbocycles. The second-order valence-electron chi connectivity index (χ2n) is 5.67. The first-order chi connectivity index (χ1) is 11.4. The third kappa shape index (κ3) is 3.55. The van der Waals surface area contributed by atoms with Gasteiger partial charge in [0.05, 0.1) is 18.5 Å². The Hall–Kier alpha value is -1.93. The zero-order chi connectivity index (χ0) is 17.4. The van der Waals surface area contributed by atoms with Gasteiger partial charge in [0.2, 0.25) is 5.43 Å². The van der Waals surface area contributed by atoms with Crippen LogP contribution in [0.25, 0.3) is 22.1 Å². The normalized spacial score (nSPS) is 10.9. The van der Waals surface area contributed by atoms with Gasteiger partial charge in [0.1, 0.15) is 5.58 Å². The van der Waals surface area contributed by atoms with Crippen LogP contribution in [-0.4, -0.2) is 18.1 Å². The first kappa shape index (κ1) is 19.4. The molecule has 25 heavy (non-hydrogen) atoms. The maximum atomic E-state index is 12.7. The SMILES string of the molecule is CONc1nc2c(=O)c3cc(C(C)C)ccc3oc2cc1C(=O)[O-].[Na+]. The molecule has 0 unspecified atom stereocenters. The molecule has 0 bridgehead atoms. The Morgan fingerprint density at radius 1 is 1.28 bits per heavy atom. The molecule has 0 saturated carbocycles. The van der Waals surface area contributed by atoms with E-state index < -0.39 is 5.97 Å². The van der Waals surface area contributed by atoms with Crippen molar-refractivity contribution in [2.75, 3.05) is 12.6 Å². The minimum Gasteiger partial charge on any atom is -0.545 e. The van der Waals surface area contributed by atoms with Crippen LogP contribution < -0.4 is 45.6 Å². The molecular formula is C17H15N2NaO5. The molecule has 8 heteroatoms. The number of nitrogens with zero attached hydrogens (tertiary/aromatic N) is 1. The Labute approximate surface area is 165 Å². The van der Waals surface area contributed by atoms with E-state index in [0.29, 0.717) is 11.0 Å². The molecule has 0 saturated heterocycles. The van der Waals surface area contributed by atoms with Crippen LogP contribution in [0.3, 0.4) is 0 Å². The number of pyridine rings is 1. The fourth-order valence-electron chi connectivity index (χ4n) is 2.48. The van der Waals surface area contributed by atoms with Crippen molar-refractivity contribution in [3.05, 3.63) is 45.6 Å². The van der Waals surface area contributed by atoms with Crippen molar-refractivity contribution in [3.63, 3.8) is 0 Å². The number of rotatable bonds is 4. The number of hydrogen-bond acceptors (Lipinski definition) is 7. The number of carboxylic acids is 1. The van der Waals surface area contributed by atoms with E-state index in [-0.39, 0.29) is 63.4 Å². The summed E-state index contributed by atoms with van der Waals surface area (Å²) in [6.45, 7) is 4.05. The molecule has 0 atom stereocenters. The molecule has 2 aromatic heterocycles. The zero-order valence-corrected chi connectivity index (χ0v) is 16.4. The van der Waals surface area contributed by atoms with Crippen LogP contribution in [0.2, 0.25) is 0 Å². The van der Waals surface area contributed by atoms with E-state index in [1.807, 2.05) is 19.9 Å². The fraction of sp³-hybridized carbons (Fsp3) is 0.235. The predicted octanol–water partition coefficient (Wildman–Crippen LogP) is -1.19. The van der Waals surface area contributed by atoms with Gasteiger partial charge < -0.3 is 14.3 Å². The van der Waals surface area contributed by atoms with E-state index in [1.54, 1.807) is 12.1 Å². The molecular weight excluding hydrogens is 335 g/mol. The van der Waals surface area contributed by atoms with Crippen LogP contribution in [0.5, 0.6) is 0 Å². The van der Waals surface area contributed by atoms with Crippen molar-refractivity contribution >= 4 is 33.9 Å². The summed E-state index contributed by atoms with van der Waals surface area (Å²) >= 11 is 0. The number of fused-ring (bicyclic) bond motifs is 2. The molecule has 3 rings (SSSR count). The third-order valence-corrected chi connectivity index (χ3v) is 3.76. The summed E-state index contributed by atoms with van der Waals surface area (Å²) in [6.07, 6.45) is 0. The van der Waals surface area contributed by atoms with Gasteiger partial charge in [-0.1, -0.05) is 19.9 Å². The number of carbonyl (C=O) groups excluding carboxylic acids is 1. The number of hydrogen-bond donors (Lipinski definition) is 1. The Morgan fingerprint density at radius 3 is 2.60 bits per heavy atom. The summed E-state index contributed by atoms with van der Waals surface area (Å²) in [4.78, 5) is 32.7. The molecule has 3 aromatic rings. The van der Waals surface area contributed by atoms with Gasteiger partial charge in [-0.25, -0.2) is 10.5 Å². The Morgan fingerprint density at radius 2 is 2.00 bits per heavy atom. The van der Waals surface area contributed by atoms with Crippen LogP contribution in [-0.2, 0) is 4.84 Å². The van der Waals surface area contributed by atoms with Crippen molar-refractivity contribution in [2.45, 2.75) is 19.8 Å². The number of anilines is 1. The summed E-state index contributed by atoms with van der Waals surface area (Å²) in [6, 6.07) is 6.54. The first-order valence-electron chi connectivity index (χ1n) is 7.34. The van der Waals surface area contributed by atoms with Crippen LogP contribution in [0.4, 0.5) is 5.82 Å². The van der Waals surface area contributed by atoms with Crippen LogP contribution in [0, 0.1) is 0 Å². The van der Waals surface area contributed by atoms with Crippen LogP contribution in [0.15, 0.2) is 33.5 Å². The Kier molecular flexibility index (Phi) is 5.84. The van der Waals surface area contributed by atoms with Gasteiger partial charge in [-0.05, 0) is 29.7 Å². The maximum Gasteiger partial charge on any atom is 1.00 e. The first-order valence-corrected chi connectivity index (χ1v) is 7.34. The smallest absolute Gasteiger partial charge is 0.545 e. The summed E-state index contributed by atoms with van der Waals surface area (Å²) in [7, 11) is 1.31. The fourth-order valence-corrected chi connectivity index (χ4v) is 2.48. The van der Waals surface area contributed by atoms with Crippen LogP contribution in [0.1, 0.15) is 35.7 Å². The monoisotopic (exact) mass is 350 g/mol. The van der Waals surface area contributed by atoms with E-state index in [2.05, 4.69) is 10.5 Å². The van der Waals surface area contributed by atoms with E-state index >= 15 is 0 Å². The second-order valence-corrected chi connectivity index (χ2v) is 5.67. The third-order valence-electron chi connectivity index (χ3n) is 3.76. The number of carboxylic acid groups (broad SMARTS) is 1. The average molecular weight is 350 g/mol. The number of aromatic carboxylic acids is 1. The number of benzene rings is 1. The molecule has 0 aliphatic rings. The minimum absolute atomic E-state index is 0. The van der Waals surface area contributed by atoms with Crippen molar-refractivity contribution in [1.82, 2.24) is 4.98 Å². The Bertz CT molecular complexity index is 1010. The summed E-state index contributed by atoms with van der Waals surface area (Å²) in [5.74, 6) is -1.32. The second kappa shape index (κ2) is 7.53. The van der Waals surface area contributed by atoms with E-state index in [0.717, 1.165) is 5.56 Å². The number of nitrogens with one attached hydrogen (secondary N) is 1. The topological polar surface area (TPSA) is 104 Å². The van der Waals surface area contributed by atoms with Gasteiger partial charge in [-0.2, -0.15) is 0 Å². The Balaban J connectivity index is 0.00000225. The van der Waals surface area contributed by atoms with Crippen molar-refractivity contribution < 1.29 is 48.7 Å². The average Bonchev–Trinajstić information content (AvgIpc) is 2.55. The molecule has 2 heterocycles. The van der Waals surface area contributed by atoms with E-state index in [4.69, 9.17) is 9.25 Å². The molecule has 0 aliphatic heterocycles. The van der Waals surface area contributed by atoms with Gasteiger partial charge >= 0.3 is 29.6 Å². The van der Waals surface area contributed by atoms with Gasteiger partial charge in [0, 0.05) is 5.56 Å². The van der Waals surface area contributed by atoms with Gasteiger partial charge in [0.15, 0.2) is 16.9 Å². The summed E-state index contributed by atoms with van der Waals surface area (Å²) in [5.41, 5.74) is 3.21. The predicted molar refractivity (Wildman–Crippen MR) is 86.8 cm³/mol. The van der Waals surface area contributed by atoms with E-state index in [1.165, 1.54) is 13.2 Å². The van der Waals surface area contributed by atoms with Crippen molar-refractivity contribution in [1.29, 1.82) is 0 Å². The molecule has 0 fully saturated rings. The van der Waals surface area contributed by atoms with Crippen LogP contribution >= 0.6 is 0 Å². The maximum absolute atomic E-state index is 12.7. The number of carbonyl (C=O) groups is 1. The number of aromatic nitrogens is 1. The molecule has 7 nitrogen and oxygen atoms in total. The van der Waals surface area contributed by atoms with Crippen molar-refractivity contribution in [2.24, 2.45) is 0 Å². The molecule has 0 aliphatic carbocycles. The van der Waals surface area contributed by atoms with Crippen molar-refractivity contribution in [3.8, 4) is 0 Å². The minimum atomic E-state index is -1.46. The standard InChI is InChI=1S/C17H16N2O5.Na/c1-8(2)9-4-5-12-10(6-9)15(20)14-13(24-12)7-11(17(21)22)16(18-14)19-23-3;/h4-8H,1-3H3,(H,18,19)(H,21,22);/q;+1/p-1. The van der Waals surface area contributed by atoms with E-state index in [9.17, 15) is 14.7 Å². The molecule has 124 valence electrons. The molecule has 0 spiro atoms. The van der Waals surface area contributed by atoms with Gasteiger partial charge in [-0.3, -0.25) is 9.63 Å². The molecule has 0 radical (unpaired) electrons. The quantitative estimate of drug-likeness (QED) is 0.358.